The van der Waals surface area contributed by atoms with Crippen LogP contribution in [0, 0.1) is 5.92 Å². The molecule has 4 nitrogen and oxygen atoms in total. The zero-order valence-electron chi connectivity index (χ0n) is 17.2. The third-order valence-electron chi connectivity index (χ3n) is 4.85. The fraction of sp³-hybridized carbons (Fsp3) is 0.240. The molecule has 29 heavy (non-hydrogen) atoms. The number of ether oxygens (including phenoxy) is 1. The molecule has 0 aromatic heterocycles. The summed E-state index contributed by atoms with van der Waals surface area (Å²) in [5, 5.41) is 8.23. The molecule has 4 heteroatoms. The maximum atomic E-state index is 10.0. The van der Waals surface area contributed by atoms with Crippen LogP contribution < -0.4 is 5.73 Å². The Labute approximate surface area is 173 Å². The number of methoxy groups -OCH3 is 1. The second-order valence-corrected chi connectivity index (χ2v) is 7.09. The van der Waals surface area contributed by atoms with Crippen LogP contribution in [0.5, 0.6) is 0 Å². The van der Waals surface area contributed by atoms with Gasteiger partial charge >= 0.3 is 5.97 Å². The molecule has 0 saturated carbocycles. The summed E-state index contributed by atoms with van der Waals surface area (Å²) in [6, 6.07) is 30.4. The van der Waals surface area contributed by atoms with Crippen molar-refractivity contribution in [3.8, 4) is 0 Å². The van der Waals surface area contributed by atoms with Crippen molar-refractivity contribution in [2.75, 3.05) is 7.11 Å². The van der Waals surface area contributed by atoms with E-state index in [4.69, 9.17) is 15.6 Å². The highest BCUT2D eigenvalue weighted by Crippen LogP contribution is 2.39. The van der Waals surface area contributed by atoms with E-state index in [-0.39, 0.29) is 5.92 Å². The summed E-state index contributed by atoms with van der Waals surface area (Å²) >= 11 is 0. The molecule has 3 N–H and O–H groups in total. The van der Waals surface area contributed by atoms with Gasteiger partial charge in [0.25, 0.3) is 0 Å². The van der Waals surface area contributed by atoms with Crippen LogP contribution in [-0.2, 0) is 15.1 Å². The summed E-state index contributed by atoms with van der Waals surface area (Å²) in [5.74, 6) is -0.910. The van der Waals surface area contributed by atoms with Crippen molar-refractivity contribution >= 4 is 5.97 Å². The Morgan fingerprint density at radius 2 is 1.10 bits per heavy atom. The number of hydrogen-bond acceptors (Lipinski definition) is 3. The monoisotopic (exact) mass is 391 g/mol. The molecule has 0 amide bonds. The number of hydrogen-bond donors (Lipinski definition) is 2. The summed E-state index contributed by atoms with van der Waals surface area (Å²) in [6.45, 7) is 3.55. The molecule has 0 heterocycles. The van der Waals surface area contributed by atoms with Gasteiger partial charge in [-0.3, -0.25) is 4.79 Å². The molecule has 0 saturated heterocycles. The molecule has 0 aliphatic rings. The predicted molar refractivity (Wildman–Crippen MR) is 117 cm³/mol. The van der Waals surface area contributed by atoms with E-state index in [0.717, 1.165) is 16.7 Å². The molecule has 1 atom stereocenters. The minimum Gasteiger partial charge on any atom is -0.480 e. The molecule has 0 fully saturated rings. The number of carboxylic acids is 1. The molecule has 3 aromatic carbocycles. The second-order valence-electron chi connectivity index (χ2n) is 7.09. The molecule has 0 aliphatic carbocycles. The smallest absolute Gasteiger partial charge is 0.320 e. The summed E-state index contributed by atoms with van der Waals surface area (Å²) in [6.07, 6.45) is 0. The third kappa shape index (κ3) is 5.31. The lowest BCUT2D eigenvalue weighted by Crippen LogP contribution is -2.34. The van der Waals surface area contributed by atoms with Crippen LogP contribution in [0.25, 0.3) is 0 Å². The lowest BCUT2D eigenvalue weighted by molar-refractivity contribution is -0.139. The minimum absolute atomic E-state index is 0.0208. The Bertz CT molecular complexity index is 768. The number of rotatable bonds is 6. The van der Waals surface area contributed by atoms with Crippen LogP contribution in [0.1, 0.15) is 30.5 Å². The molecular weight excluding hydrogens is 362 g/mol. The molecule has 0 unspecified atom stereocenters. The fourth-order valence-electron chi connectivity index (χ4n) is 3.16. The van der Waals surface area contributed by atoms with Gasteiger partial charge in [0.1, 0.15) is 11.6 Å². The second kappa shape index (κ2) is 10.6. The number of carboxylic acid groups (broad SMARTS) is 1. The van der Waals surface area contributed by atoms with Gasteiger partial charge < -0.3 is 15.6 Å². The van der Waals surface area contributed by atoms with E-state index in [1.807, 2.05) is 18.2 Å². The first kappa shape index (κ1) is 22.3. The first-order valence-corrected chi connectivity index (χ1v) is 9.63. The van der Waals surface area contributed by atoms with E-state index in [1.165, 1.54) is 0 Å². The van der Waals surface area contributed by atoms with Crippen LogP contribution in [0.4, 0.5) is 0 Å². The van der Waals surface area contributed by atoms with Crippen molar-refractivity contribution in [3.05, 3.63) is 108 Å². The zero-order chi connectivity index (χ0) is 21.3. The Balaban J connectivity index is 0.000000321. The van der Waals surface area contributed by atoms with Crippen LogP contribution in [0.2, 0.25) is 0 Å². The molecule has 3 rings (SSSR count). The molecule has 0 bridgehead atoms. The van der Waals surface area contributed by atoms with Crippen molar-refractivity contribution < 1.29 is 14.6 Å². The molecule has 0 spiro atoms. The molecular formula is C25H29NO3. The summed E-state index contributed by atoms with van der Waals surface area (Å²) in [7, 11) is 1.77. The Kier molecular flexibility index (Phi) is 8.13. The molecule has 0 radical (unpaired) electrons. The van der Waals surface area contributed by atoms with Crippen LogP contribution >= 0.6 is 0 Å². The van der Waals surface area contributed by atoms with Gasteiger partial charge in [-0.2, -0.15) is 0 Å². The van der Waals surface area contributed by atoms with Gasteiger partial charge in [-0.05, 0) is 22.6 Å². The van der Waals surface area contributed by atoms with E-state index in [9.17, 15) is 4.79 Å². The minimum atomic E-state index is -0.931. The maximum absolute atomic E-state index is 10.0. The van der Waals surface area contributed by atoms with Crippen molar-refractivity contribution in [1.29, 1.82) is 0 Å². The lowest BCUT2D eigenvalue weighted by Gasteiger charge is -2.34. The van der Waals surface area contributed by atoms with Gasteiger partial charge in [0, 0.05) is 7.11 Å². The number of benzene rings is 3. The van der Waals surface area contributed by atoms with E-state index in [2.05, 4.69) is 72.8 Å². The topological polar surface area (TPSA) is 72.6 Å². The normalized spacial score (nSPS) is 12.0. The van der Waals surface area contributed by atoms with Crippen molar-refractivity contribution in [1.82, 2.24) is 0 Å². The predicted octanol–water partition coefficient (Wildman–Crippen LogP) is 4.68. The van der Waals surface area contributed by atoms with Crippen LogP contribution in [0.3, 0.4) is 0 Å². The molecule has 3 aromatic rings. The van der Waals surface area contributed by atoms with Gasteiger partial charge in [0.2, 0.25) is 0 Å². The van der Waals surface area contributed by atoms with Gasteiger partial charge in [0.15, 0.2) is 0 Å². The zero-order valence-corrected chi connectivity index (χ0v) is 17.2. The standard InChI is InChI=1S/C20H18O.C5H11NO2/c1-21-20(17-11-5-2-6-12-17,18-13-7-3-8-14-18)19-15-9-4-10-16-19;1-3(2)4(6)5(7)8/h2-16H,1H3;3-4H,6H2,1-2H3,(H,7,8)/t;4-/m.0/s1. The summed E-state index contributed by atoms with van der Waals surface area (Å²) < 4.78 is 6.10. The van der Waals surface area contributed by atoms with Gasteiger partial charge in [-0.25, -0.2) is 0 Å². The Morgan fingerprint density at radius 1 is 0.793 bits per heavy atom. The van der Waals surface area contributed by atoms with Gasteiger partial charge in [-0.1, -0.05) is 105 Å². The largest absolute Gasteiger partial charge is 0.480 e. The first-order valence-electron chi connectivity index (χ1n) is 9.63. The first-order chi connectivity index (χ1) is 13.9. The highest BCUT2D eigenvalue weighted by molar-refractivity contribution is 5.73. The number of aliphatic carboxylic acids is 1. The lowest BCUT2D eigenvalue weighted by atomic mass is 9.80. The van der Waals surface area contributed by atoms with E-state index in [0.29, 0.717) is 0 Å². The number of carbonyl (C=O) groups is 1. The van der Waals surface area contributed by atoms with Crippen LogP contribution in [0.15, 0.2) is 91.0 Å². The maximum Gasteiger partial charge on any atom is 0.320 e. The van der Waals surface area contributed by atoms with Crippen molar-refractivity contribution in [2.24, 2.45) is 11.7 Å². The van der Waals surface area contributed by atoms with Gasteiger partial charge in [-0.15, -0.1) is 0 Å². The molecule has 152 valence electrons. The third-order valence-corrected chi connectivity index (χ3v) is 4.85. The van der Waals surface area contributed by atoms with Gasteiger partial charge in [0.05, 0.1) is 0 Å². The van der Waals surface area contributed by atoms with Crippen molar-refractivity contribution in [2.45, 2.75) is 25.5 Å². The van der Waals surface area contributed by atoms with E-state index in [1.54, 1.807) is 21.0 Å². The highest BCUT2D eigenvalue weighted by atomic mass is 16.5. The fourth-order valence-corrected chi connectivity index (χ4v) is 3.16. The quantitative estimate of drug-likeness (QED) is 0.599. The van der Waals surface area contributed by atoms with Crippen molar-refractivity contribution in [3.63, 3.8) is 0 Å². The Hall–Kier alpha value is -2.95. The average molecular weight is 392 g/mol. The molecule has 0 aliphatic heterocycles. The Morgan fingerprint density at radius 3 is 1.28 bits per heavy atom. The number of nitrogens with two attached hydrogens (primary N) is 1. The van der Waals surface area contributed by atoms with E-state index >= 15 is 0 Å². The average Bonchev–Trinajstić information content (AvgIpc) is 2.77. The van der Waals surface area contributed by atoms with E-state index < -0.39 is 17.6 Å². The highest BCUT2D eigenvalue weighted by Gasteiger charge is 2.36. The SMILES string of the molecule is CC(C)[C@H](N)C(=O)O.COC(c1ccccc1)(c1ccccc1)c1ccccc1. The summed E-state index contributed by atoms with van der Waals surface area (Å²) in [4.78, 5) is 10.0. The summed E-state index contributed by atoms with van der Waals surface area (Å²) in [5.41, 5.74) is 7.97. The van der Waals surface area contributed by atoms with Crippen LogP contribution in [-0.4, -0.2) is 24.2 Å².